The Balaban J connectivity index is 1.32. The first-order valence-corrected chi connectivity index (χ1v) is 10.5. The van der Waals surface area contributed by atoms with Gasteiger partial charge in [-0.15, -0.1) is 0 Å². The smallest absolute Gasteiger partial charge is 0.241 e. The van der Waals surface area contributed by atoms with Crippen molar-refractivity contribution in [2.24, 2.45) is 0 Å². The molecule has 2 aliphatic heterocycles. The van der Waals surface area contributed by atoms with Gasteiger partial charge in [-0.2, -0.15) is 5.10 Å². The van der Waals surface area contributed by atoms with Gasteiger partial charge in [0.25, 0.3) is 0 Å². The largest absolute Gasteiger partial charge is 0.488 e. The highest BCUT2D eigenvalue weighted by atomic mass is 16.5. The minimum absolute atomic E-state index is 0.0162. The van der Waals surface area contributed by atoms with E-state index in [9.17, 15) is 4.79 Å². The second-order valence-electron chi connectivity index (χ2n) is 7.92. The molecule has 2 aliphatic rings. The molecule has 0 spiro atoms. The van der Waals surface area contributed by atoms with Crippen molar-refractivity contribution in [3.63, 3.8) is 0 Å². The second kappa shape index (κ2) is 8.78. The number of ether oxygens (including phenoxy) is 1. The fourth-order valence-electron chi connectivity index (χ4n) is 4.15. The van der Waals surface area contributed by atoms with Crippen molar-refractivity contribution in [2.45, 2.75) is 52.2 Å². The molecule has 0 radical (unpaired) electrons. The van der Waals surface area contributed by atoms with Crippen molar-refractivity contribution in [3.8, 4) is 17.0 Å². The average Bonchev–Trinajstić information content (AvgIpc) is 2.92. The van der Waals surface area contributed by atoms with E-state index in [1.54, 1.807) is 4.68 Å². The topological polar surface area (TPSA) is 59.4 Å². The molecule has 1 N–H and O–H groups in total. The highest BCUT2D eigenvalue weighted by Crippen LogP contribution is 2.37. The Bertz CT molecular complexity index is 822. The van der Waals surface area contributed by atoms with Crippen molar-refractivity contribution in [2.75, 3.05) is 26.2 Å². The van der Waals surface area contributed by atoms with E-state index < -0.39 is 0 Å². The minimum Gasteiger partial charge on any atom is -0.488 e. The lowest BCUT2D eigenvalue weighted by Crippen LogP contribution is -2.32. The van der Waals surface area contributed by atoms with Gasteiger partial charge in [-0.25, -0.2) is 0 Å². The van der Waals surface area contributed by atoms with E-state index in [0.717, 1.165) is 42.1 Å². The molecule has 0 bridgehead atoms. The zero-order chi connectivity index (χ0) is 19.3. The summed E-state index contributed by atoms with van der Waals surface area (Å²) < 4.78 is 7.62. The van der Waals surface area contributed by atoms with Gasteiger partial charge < -0.3 is 15.0 Å². The Morgan fingerprint density at radius 1 is 1.21 bits per heavy atom. The maximum atomic E-state index is 12.5. The van der Waals surface area contributed by atoms with Crippen molar-refractivity contribution in [1.82, 2.24) is 20.0 Å². The first-order valence-electron chi connectivity index (χ1n) is 10.5. The molecule has 6 nitrogen and oxygen atoms in total. The number of benzene rings is 1. The third-order valence-electron chi connectivity index (χ3n) is 5.65. The molecule has 0 unspecified atom stereocenters. The molecule has 0 saturated carbocycles. The number of aryl methyl sites for hydroxylation is 1. The van der Waals surface area contributed by atoms with Crippen LogP contribution in [-0.2, 0) is 17.9 Å². The summed E-state index contributed by atoms with van der Waals surface area (Å²) in [5.74, 6) is 0.875. The van der Waals surface area contributed by atoms with Crippen LogP contribution < -0.4 is 10.1 Å². The number of amides is 1. The SMILES string of the molecule is Cc1ccc2c(c1)-c1c(cnn1CC(=O)NCCCN1CCCCCC1)CO2. The summed E-state index contributed by atoms with van der Waals surface area (Å²) in [4.78, 5) is 15.0. The maximum absolute atomic E-state index is 12.5. The molecule has 1 saturated heterocycles. The molecule has 0 atom stereocenters. The van der Waals surface area contributed by atoms with Crippen LogP contribution in [0.4, 0.5) is 0 Å². The van der Waals surface area contributed by atoms with Crippen LogP contribution in [0.3, 0.4) is 0 Å². The summed E-state index contributed by atoms with van der Waals surface area (Å²) in [6.45, 7) is 7.00. The number of carbonyl (C=O) groups is 1. The van der Waals surface area contributed by atoms with Crippen LogP contribution in [0, 0.1) is 6.92 Å². The number of nitrogens with one attached hydrogen (secondary N) is 1. The third kappa shape index (κ3) is 4.38. The summed E-state index contributed by atoms with van der Waals surface area (Å²) in [6.07, 6.45) is 8.14. The molecule has 28 heavy (non-hydrogen) atoms. The van der Waals surface area contributed by atoms with Gasteiger partial charge in [0.15, 0.2) is 0 Å². The first-order chi connectivity index (χ1) is 13.7. The van der Waals surface area contributed by atoms with E-state index in [1.165, 1.54) is 44.3 Å². The van der Waals surface area contributed by atoms with Gasteiger partial charge in [-0.05, 0) is 58.0 Å². The highest BCUT2D eigenvalue weighted by Gasteiger charge is 2.23. The molecule has 0 aliphatic carbocycles. The summed E-state index contributed by atoms with van der Waals surface area (Å²) in [5, 5.41) is 7.51. The van der Waals surface area contributed by atoms with Crippen molar-refractivity contribution >= 4 is 5.91 Å². The summed E-state index contributed by atoms with van der Waals surface area (Å²) in [7, 11) is 0. The lowest BCUT2D eigenvalue weighted by Gasteiger charge is -2.20. The van der Waals surface area contributed by atoms with Crippen LogP contribution in [0.5, 0.6) is 5.75 Å². The molecule has 1 amide bonds. The Hall–Kier alpha value is -2.34. The van der Waals surface area contributed by atoms with E-state index >= 15 is 0 Å². The maximum Gasteiger partial charge on any atom is 0.241 e. The quantitative estimate of drug-likeness (QED) is 0.780. The van der Waals surface area contributed by atoms with Gasteiger partial charge >= 0.3 is 0 Å². The van der Waals surface area contributed by atoms with E-state index in [2.05, 4.69) is 28.3 Å². The molecule has 3 heterocycles. The van der Waals surface area contributed by atoms with Gasteiger partial charge in [0.05, 0.1) is 11.9 Å². The standard InChI is InChI=1S/C22H30N4O2/c1-17-7-8-20-19(13-17)22-18(16-28-20)14-24-26(22)15-21(27)23-9-6-12-25-10-4-2-3-5-11-25/h7-8,13-14H,2-6,9-12,15-16H2,1H3,(H,23,27). The first kappa shape index (κ1) is 19.0. The number of rotatable bonds is 6. The van der Waals surface area contributed by atoms with Crippen LogP contribution in [0.25, 0.3) is 11.3 Å². The molecule has 4 rings (SSSR count). The van der Waals surface area contributed by atoms with Crippen LogP contribution in [0.15, 0.2) is 24.4 Å². The van der Waals surface area contributed by atoms with Crippen LogP contribution in [0.2, 0.25) is 0 Å². The lowest BCUT2D eigenvalue weighted by atomic mass is 10.0. The van der Waals surface area contributed by atoms with Gasteiger partial charge in [-0.1, -0.05) is 24.5 Å². The number of nitrogens with zero attached hydrogens (tertiary/aromatic N) is 3. The molecule has 2 aromatic rings. The number of fused-ring (bicyclic) bond motifs is 3. The Morgan fingerprint density at radius 3 is 2.86 bits per heavy atom. The predicted molar refractivity (Wildman–Crippen MR) is 109 cm³/mol. The Kier molecular flexibility index (Phi) is 5.95. The Morgan fingerprint density at radius 2 is 2.04 bits per heavy atom. The number of hydrogen-bond donors (Lipinski definition) is 1. The second-order valence-corrected chi connectivity index (χ2v) is 7.92. The molecule has 1 aromatic heterocycles. The molecular weight excluding hydrogens is 352 g/mol. The van der Waals surface area contributed by atoms with E-state index in [1.807, 2.05) is 18.3 Å². The van der Waals surface area contributed by atoms with E-state index in [-0.39, 0.29) is 12.5 Å². The van der Waals surface area contributed by atoms with Crippen molar-refractivity contribution in [3.05, 3.63) is 35.5 Å². The predicted octanol–water partition coefficient (Wildman–Crippen LogP) is 3.13. The van der Waals surface area contributed by atoms with Crippen LogP contribution in [-0.4, -0.2) is 46.8 Å². The lowest BCUT2D eigenvalue weighted by molar-refractivity contribution is -0.121. The minimum atomic E-state index is 0.0162. The van der Waals surface area contributed by atoms with Crippen LogP contribution >= 0.6 is 0 Å². The number of aromatic nitrogens is 2. The average molecular weight is 383 g/mol. The molecule has 6 heteroatoms. The fourth-order valence-corrected chi connectivity index (χ4v) is 4.15. The molecular formula is C22H30N4O2. The monoisotopic (exact) mass is 382 g/mol. The zero-order valence-corrected chi connectivity index (χ0v) is 16.7. The molecule has 1 aromatic carbocycles. The zero-order valence-electron chi connectivity index (χ0n) is 16.7. The number of carbonyl (C=O) groups excluding carboxylic acids is 1. The van der Waals surface area contributed by atoms with Gasteiger partial charge in [0.1, 0.15) is 18.9 Å². The van der Waals surface area contributed by atoms with E-state index in [0.29, 0.717) is 6.61 Å². The molecule has 150 valence electrons. The van der Waals surface area contributed by atoms with Gasteiger partial charge in [0, 0.05) is 17.7 Å². The third-order valence-corrected chi connectivity index (χ3v) is 5.65. The van der Waals surface area contributed by atoms with E-state index in [4.69, 9.17) is 4.74 Å². The van der Waals surface area contributed by atoms with Crippen LogP contribution in [0.1, 0.15) is 43.2 Å². The summed E-state index contributed by atoms with van der Waals surface area (Å²) in [6, 6.07) is 6.14. The van der Waals surface area contributed by atoms with Crippen molar-refractivity contribution in [1.29, 1.82) is 0 Å². The summed E-state index contributed by atoms with van der Waals surface area (Å²) >= 11 is 0. The normalized spacial score (nSPS) is 16.6. The highest BCUT2D eigenvalue weighted by molar-refractivity contribution is 5.78. The Labute approximate surface area is 166 Å². The number of likely N-dealkylation sites (tertiary alicyclic amines) is 1. The fraction of sp³-hybridized carbons (Fsp3) is 0.545. The molecule has 1 fully saturated rings. The number of hydrogen-bond acceptors (Lipinski definition) is 4. The van der Waals surface area contributed by atoms with Crippen molar-refractivity contribution < 1.29 is 9.53 Å². The van der Waals surface area contributed by atoms with Gasteiger partial charge in [0.2, 0.25) is 5.91 Å². The van der Waals surface area contributed by atoms with Gasteiger partial charge in [-0.3, -0.25) is 9.48 Å². The summed E-state index contributed by atoms with van der Waals surface area (Å²) in [5.41, 5.74) is 4.23.